The van der Waals surface area contributed by atoms with Crippen LogP contribution in [0.5, 0.6) is 0 Å². The van der Waals surface area contributed by atoms with E-state index in [1.54, 1.807) is 11.3 Å². The first kappa shape index (κ1) is 10.9. The fourth-order valence-corrected chi connectivity index (χ4v) is 2.35. The summed E-state index contributed by atoms with van der Waals surface area (Å²) in [6.45, 7) is 0. The molecular formula is C13H12N4S+2. The number of aromatic amines is 2. The van der Waals surface area contributed by atoms with Crippen LogP contribution < -0.4 is 15.3 Å². The van der Waals surface area contributed by atoms with Crippen molar-refractivity contribution in [3.05, 3.63) is 54.4 Å². The quantitative estimate of drug-likeness (QED) is 0.781. The average Bonchev–Trinajstić information content (AvgIpc) is 2.89. The molecule has 3 aromatic heterocycles. The van der Waals surface area contributed by atoms with Gasteiger partial charge in [-0.25, -0.2) is 15.0 Å². The van der Waals surface area contributed by atoms with Crippen LogP contribution in [0.3, 0.4) is 0 Å². The number of aromatic nitrogens is 3. The lowest BCUT2D eigenvalue weighted by Crippen LogP contribution is -2.01. The van der Waals surface area contributed by atoms with Gasteiger partial charge in [-0.3, -0.25) is 0 Å². The van der Waals surface area contributed by atoms with E-state index in [-0.39, 0.29) is 0 Å². The highest BCUT2D eigenvalue weighted by molar-refractivity contribution is 7.14. The zero-order valence-electron chi connectivity index (χ0n) is 9.55. The number of hydrogen-bond acceptors (Lipinski definition) is 3. The van der Waals surface area contributed by atoms with E-state index in [1.807, 2.05) is 54.4 Å². The molecule has 0 spiro atoms. The van der Waals surface area contributed by atoms with Gasteiger partial charge in [-0.15, -0.1) is 11.3 Å². The first-order valence-corrected chi connectivity index (χ1v) is 6.45. The zero-order chi connectivity index (χ0) is 12.2. The van der Waals surface area contributed by atoms with E-state index in [0.717, 1.165) is 22.1 Å². The molecule has 3 heterocycles. The highest BCUT2D eigenvalue weighted by Crippen LogP contribution is 2.25. The molecule has 0 bridgehead atoms. The number of pyridine rings is 2. The molecule has 0 radical (unpaired) electrons. The number of anilines is 2. The van der Waals surface area contributed by atoms with Crippen LogP contribution in [0.25, 0.3) is 11.3 Å². The van der Waals surface area contributed by atoms with Gasteiger partial charge in [-0.2, -0.15) is 0 Å². The van der Waals surface area contributed by atoms with Crippen molar-refractivity contribution in [2.75, 3.05) is 5.32 Å². The standard InChI is InChI=1S/C13H10N4S/c1-3-10(7-14-5-1)12-9-18-13(17-12)16-11-4-2-6-15-8-11/h1-9H,(H,16,17)/p+2. The minimum atomic E-state index is 0.883. The molecule has 5 heteroatoms. The number of nitrogens with zero attached hydrogens (tertiary/aromatic N) is 1. The lowest BCUT2D eigenvalue weighted by Gasteiger charge is -1.97. The van der Waals surface area contributed by atoms with Crippen molar-refractivity contribution in [1.29, 1.82) is 0 Å². The minimum absolute atomic E-state index is 0.883. The summed E-state index contributed by atoms with van der Waals surface area (Å²) in [4.78, 5) is 10.6. The molecule has 0 aromatic carbocycles. The smallest absolute Gasteiger partial charge is 0.190 e. The van der Waals surface area contributed by atoms with Crippen LogP contribution in [-0.2, 0) is 0 Å². The Bertz CT molecular complexity index is 622. The Kier molecular flexibility index (Phi) is 2.97. The summed E-state index contributed by atoms with van der Waals surface area (Å²) in [5.41, 5.74) is 3.05. The Morgan fingerprint density at radius 1 is 1.06 bits per heavy atom. The summed E-state index contributed by atoms with van der Waals surface area (Å²) in [6.07, 6.45) is 7.60. The van der Waals surface area contributed by atoms with Gasteiger partial charge in [0.25, 0.3) is 0 Å². The summed E-state index contributed by atoms with van der Waals surface area (Å²) >= 11 is 1.59. The third-order valence-corrected chi connectivity index (χ3v) is 3.22. The van der Waals surface area contributed by atoms with E-state index < -0.39 is 0 Å². The maximum atomic E-state index is 4.55. The van der Waals surface area contributed by atoms with Crippen LogP contribution in [0.15, 0.2) is 54.4 Å². The van der Waals surface area contributed by atoms with E-state index in [4.69, 9.17) is 0 Å². The molecule has 3 N–H and O–H groups in total. The Labute approximate surface area is 108 Å². The summed E-state index contributed by atoms with van der Waals surface area (Å²) in [5, 5.41) is 6.18. The molecule has 0 unspecified atom stereocenters. The predicted octanol–water partition coefficient (Wildman–Crippen LogP) is 2.18. The first-order chi connectivity index (χ1) is 8.92. The van der Waals surface area contributed by atoms with Crippen LogP contribution in [0, 0.1) is 0 Å². The topological polar surface area (TPSA) is 53.2 Å². The second kappa shape index (κ2) is 4.93. The summed E-state index contributed by atoms with van der Waals surface area (Å²) in [7, 11) is 0. The molecule has 18 heavy (non-hydrogen) atoms. The van der Waals surface area contributed by atoms with Crippen molar-refractivity contribution in [3.8, 4) is 11.3 Å². The number of thiazole rings is 1. The Balaban J connectivity index is 1.82. The van der Waals surface area contributed by atoms with Crippen LogP contribution in [0.1, 0.15) is 0 Å². The molecule has 0 atom stereocenters. The normalized spacial score (nSPS) is 10.2. The molecule has 88 valence electrons. The van der Waals surface area contributed by atoms with Crippen molar-refractivity contribution in [1.82, 2.24) is 4.98 Å². The summed E-state index contributed by atoms with van der Waals surface area (Å²) in [6, 6.07) is 7.94. The van der Waals surface area contributed by atoms with E-state index >= 15 is 0 Å². The van der Waals surface area contributed by atoms with Gasteiger partial charge in [0.15, 0.2) is 29.9 Å². The Morgan fingerprint density at radius 2 is 1.89 bits per heavy atom. The second-order valence-electron chi connectivity index (χ2n) is 3.75. The monoisotopic (exact) mass is 256 g/mol. The van der Waals surface area contributed by atoms with Gasteiger partial charge < -0.3 is 5.32 Å². The van der Waals surface area contributed by atoms with E-state index in [1.165, 1.54) is 0 Å². The summed E-state index contributed by atoms with van der Waals surface area (Å²) in [5.74, 6) is 0. The molecule has 0 saturated heterocycles. The van der Waals surface area contributed by atoms with E-state index in [2.05, 4.69) is 20.3 Å². The Hall–Kier alpha value is -2.27. The molecule has 0 aliphatic heterocycles. The largest absolute Gasteiger partial charge is 0.327 e. The van der Waals surface area contributed by atoms with Gasteiger partial charge in [0.1, 0.15) is 5.69 Å². The molecule has 0 fully saturated rings. The number of rotatable bonds is 3. The van der Waals surface area contributed by atoms with E-state index in [0.29, 0.717) is 0 Å². The van der Waals surface area contributed by atoms with Gasteiger partial charge in [0, 0.05) is 17.5 Å². The fourth-order valence-electron chi connectivity index (χ4n) is 1.61. The number of hydrogen-bond donors (Lipinski definition) is 1. The van der Waals surface area contributed by atoms with Crippen LogP contribution in [0.4, 0.5) is 10.8 Å². The molecule has 0 aliphatic carbocycles. The van der Waals surface area contributed by atoms with Crippen molar-refractivity contribution in [3.63, 3.8) is 0 Å². The second-order valence-corrected chi connectivity index (χ2v) is 4.61. The lowest BCUT2D eigenvalue weighted by atomic mass is 10.2. The molecule has 4 nitrogen and oxygen atoms in total. The average molecular weight is 256 g/mol. The SMILES string of the molecule is c1c[nH+]cc(Nc2nc(-c3ccc[nH+]c3)cs2)c1. The van der Waals surface area contributed by atoms with Gasteiger partial charge in [0.2, 0.25) is 0 Å². The fraction of sp³-hybridized carbons (Fsp3) is 0. The van der Waals surface area contributed by atoms with Gasteiger partial charge in [-0.1, -0.05) is 0 Å². The van der Waals surface area contributed by atoms with Crippen LogP contribution in [-0.4, -0.2) is 4.98 Å². The third kappa shape index (κ3) is 2.36. The molecule has 0 aliphatic rings. The Morgan fingerprint density at radius 3 is 2.61 bits per heavy atom. The maximum Gasteiger partial charge on any atom is 0.190 e. The number of H-pyrrole nitrogens is 2. The van der Waals surface area contributed by atoms with Crippen LogP contribution in [0.2, 0.25) is 0 Å². The minimum Gasteiger partial charge on any atom is -0.327 e. The third-order valence-electron chi connectivity index (χ3n) is 2.47. The zero-order valence-corrected chi connectivity index (χ0v) is 10.4. The van der Waals surface area contributed by atoms with E-state index in [9.17, 15) is 0 Å². The first-order valence-electron chi connectivity index (χ1n) is 5.57. The van der Waals surface area contributed by atoms with Crippen molar-refractivity contribution in [2.45, 2.75) is 0 Å². The molecule has 3 rings (SSSR count). The molecular weight excluding hydrogens is 244 g/mol. The highest BCUT2D eigenvalue weighted by atomic mass is 32.1. The van der Waals surface area contributed by atoms with Crippen molar-refractivity contribution < 1.29 is 9.97 Å². The number of nitrogens with one attached hydrogen (secondary N) is 3. The summed E-state index contributed by atoms with van der Waals surface area (Å²) < 4.78 is 0. The lowest BCUT2D eigenvalue weighted by molar-refractivity contribution is -0.377. The van der Waals surface area contributed by atoms with Gasteiger partial charge in [0.05, 0.1) is 11.3 Å². The predicted molar refractivity (Wildman–Crippen MR) is 70.4 cm³/mol. The van der Waals surface area contributed by atoms with Crippen molar-refractivity contribution >= 4 is 22.2 Å². The maximum absolute atomic E-state index is 4.55. The van der Waals surface area contributed by atoms with Gasteiger partial charge >= 0.3 is 0 Å². The highest BCUT2D eigenvalue weighted by Gasteiger charge is 2.06. The van der Waals surface area contributed by atoms with Gasteiger partial charge in [-0.05, 0) is 12.1 Å². The molecule has 0 amide bonds. The van der Waals surface area contributed by atoms with Crippen molar-refractivity contribution in [2.24, 2.45) is 0 Å². The van der Waals surface area contributed by atoms with Crippen LogP contribution >= 0.6 is 11.3 Å². The molecule has 0 saturated carbocycles. The molecule has 3 aromatic rings.